The summed E-state index contributed by atoms with van der Waals surface area (Å²) in [6.07, 6.45) is 5.59. The Bertz CT molecular complexity index is 1460. The Morgan fingerprint density at radius 3 is 2.48 bits per heavy atom. The van der Waals surface area contributed by atoms with Crippen LogP contribution in [0.4, 0.5) is 0 Å². The van der Waals surface area contributed by atoms with Crippen molar-refractivity contribution in [1.29, 1.82) is 0 Å². The zero-order valence-corrected chi connectivity index (χ0v) is 23.2. The molecule has 210 valence electrons. The second-order valence-electron chi connectivity index (χ2n) is 10.9. The van der Waals surface area contributed by atoms with Crippen LogP contribution in [0.2, 0.25) is 0 Å². The number of aromatic hydroxyl groups is 1. The number of Topliss-reactive ketones (excluding diaryl/α,β-unsaturated/α-hetero) is 3. The monoisotopic (exact) mass is 547 g/mol. The normalized spacial score (nSPS) is 27.8. The molecule has 1 amide bonds. The Morgan fingerprint density at radius 1 is 1.12 bits per heavy atom. The van der Waals surface area contributed by atoms with Crippen LogP contribution in [0.1, 0.15) is 83.6 Å². The molecular formula is C31H33NO8. The number of aliphatic hydroxyl groups is 1. The second kappa shape index (κ2) is 10.8. The van der Waals surface area contributed by atoms with Gasteiger partial charge in [-0.2, -0.15) is 0 Å². The highest BCUT2D eigenvalue weighted by molar-refractivity contribution is 6.32. The molecule has 3 N–H and O–H groups in total. The van der Waals surface area contributed by atoms with Gasteiger partial charge in [-0.3, -0.25) is 24.0 Å². The minimum atomic E-state index is -1.96. The van der Waals surface area contributed by atoms with Crippen molar-refractivity contribution >= 4 is 29.2 Å². The first-order valence-corrected chi connectivity index (χ1v) is 13.3. The lowest BCUT2D eigenvalue weighted by molar-refractivity contribution is -0.157. The summed E-state index contributed by atoms with van der Waals surface area (Å²) >= 11 is 0. The average molecular weight is 548 g/mol. The number of allylic oxidation sites excluding steroid dienone is 3. The summed E-state index contributed by atoms with van der Waals surface area (Å²) in [5, 5.41) is 24.4. The minimum absolute atomic E-state index is 0.0451. The molecule has 0 aromatic heterocycles. The molecule has 2 aliphatic heterocycles. The molecule has 2 heterocycles. The molecule has 1 aliphatic carbocycles. The number of hydrogen-bond acceptors (Lipinski definition) is 8. The number of aliphatic hydroxyl groups excluding tert-OH is 1. The van der Waals surface area contributed by atoms with Crippen molar-refractivity contribution in [3.63, 3.8) is 0 Å². The molecule has 1 aromatic rings. The van der Waals surface area contributed by atoms with Crippen LogP contribution >= 0.6 is 0 Å². The van der Waals surface area contributed by atoms with Crippen LogP contribution in [0.3, 0.4) is 0 Å². The number of carbonyl (C=O) groups is 5. The van der Waals surface area contributed by atoms with Crippen molar-refractivity contribution in [1.82, 2.24) is 5.32 Å². The second-order valence-corrected chi connectivity index (χ2v) is 10.9. The molecular weight excluding hydrogens is 514 g/mol. The predicted molar refractivity (Wildman–Crippen MR) is 146 cm³/mol. The van der Waals surface area contributed by atoms with E-state index in [1.165, 1.54) is 32.1 Å². The lowest BCUT2D eigenvalue weighted by Gasteiger charge is -2.32. The molecule has 2 bridgehead atoms. The molecule has 0 saturated heterocycles. The number of rotatable bonds is 2. The molecule has 0 radical (unpaired) electrons. The summed E-state index contributed by atoms with van der Waals surface area (Å²) < 4.78 is 5.77. The van der Waals surface area contributed by atoms with Crippen LogP contribution in [0.15, 0.2) is 53.3 Å². The Balaban J connectivity index is 2.03. The van der Waals surface area contributed by atoms with Gasteiger partial charge in [-0.1, -0.05) is 30.7 Å². The summed E-state index contributed by atoms with van der Waals surface area (Å²) in [7, 11) is 0. The predicted octanol–water partition coefficient (Wildman–Crippen LogP) is 3.82. The largest absolute Gasteiger partial charge is 0.507 e. The molecule has 40 heavy (non-hydrogen) atoms. The van der Waals surface area contributed by atoms with Gasteiger partial charge in [0.05, 0.1) is 11.3 Å². The van der Waals surface area contributed by atoms with Crippen LogP contribution in [0.25, 0.3) is 0 Å². The fraction of sp³-hybridized carbons (Fsp3) is 0.387. The third kappa shape index (κ3) is 4.97. The van der Waals surface area contributed by atoms with E-state index in [0.29, 0.717) is 12.8 Å². The van der Waals surface area contributed by atoms with Crippen molar-refractivity contribution in [2.75, 3.05) is 0 Å². The number of ether oxygens (including phenoxy) is 1. The number of cyclic esters (lactones) is 1. The molecule has 4 atom stereocenters. The van der Waals surface area contributed by atoms with Gasteiger partial charge in [0.15, 0.2) is 11.6 Å². The highest BCUT2D eigenvalue weighted by Crippen LogP contribution is 2.44. The third-order valence-electron chi connectivity index (χ3n) is 7.63. The van der Waals surface area contributed by atoms with Gasteiger partial charge in [0.1, 0.15) is 23.4 Å². The number of amides is 1. The van der Waals surface area contributed by atoms with Gasteiger partial charge in [0.2, 0.25) is 11.7 Å². The zero-order chi connectivity index (χ0) is 29.5. The number of phenols is 1. The number of phenolic OH excluding ortho intramolecular Hbond substituents is 1. The first-order valence-electron chi connectivity index (χ1n) is 13.3. The van der Waals surface area contributed by atoms with Crippen molar-refractivity contribution in [2.45, 2.75) is 66.1 Å². The fourth-order valence-corrected chi connectivity index (χ4v) is 5.29. The van der Waals surface area contributed by atoms with Crippen LogP contribution < -0.4 is 5.32 Å². The zero-order valence-electron chi connectivity index (χ0n) is 23.2. The van der Waals surface area contributed by atoms with Crippen molar-refractivity contribution < 1.29 is 38.9 Å². The smallest absolute Gasteiger partial charge is 0.321 e. The molecule has 1 aromatic carbocycles. The average Bonchev–Trinajstić information content (AvgIpc) is 3.03. The maximum absolute atomic E-state index is 14.2. The minimum Gasteiger partial charge on any atom is -0.507 e. The van der Waals surface area contributed by atoms with Crippen molar-refractivity contribution in [3.8, 4) is 5.75 Å². The Labute approximate surface area is 232 Å². The highest BCUT2D eigenvalue weighted by Gasteiger charge is 2.50. The number of aryl methyl sites for hydroxylation is 1. The number of benzene rings is 1. The van der Waals surface area contributed by atoms with Gasteiger partial charge in [-0.05, 0) is 64.2 Å². The maximum Gasteiger partial charge on any atom is 0.321 e. The van der Waals surface area contributed by atoms with E-state index in [-0.39, 0.29) is 40.2 Å². The summed E-state index contributed by atoms with van der Waals surface area (Å²) in [6.45, 7) is 8.30. The number of carbonyl (C=O) groups excluding carboxylic acids is 5. The number of hydrogen-bond donors (Lipinski definition) is 3. The van der Waals surface area contributed by atoms with Gasteiger partial charge in [-0.15, -0.1) is 0 Å². The summed E-state index contributed by atoms with van der Waals surface area (Å²) in [4.78, 5) is 68.0. The van der Waals surface area contributed by atoms with Gasteiger partial charge in [0, 0.05) is 29.2 Å². The van der Waals surface area contributed by atoms with Crippen LogP contribution in [-0.4, -0.2) is 51.6 Å². The van der Waals surface area contributed by atoms with E-state index in [4.69, 9.17) is 4.74 Å². The molecule has 9 heteroatoms. The van der Waals surface area contributed by atoms with Crippen molar-refractivity contribution in [2.24, 2.45) is 11.3 Å². The van der Waals surface area contributed by atoms with Gasteiger partial charge >= 0.3 is 5.97 Å². The van der Waals surface area contributed by atoms with Crippen LogP contribution in [0.5, 0.6) is 5.75 Å². The quantitative estimate of drug-likeness (QED) is 0.374. The van der Waals surface area contributed by atoms with E-state index < -0.39 is 58.3 Å². The number of ketones is 3. The van der Waals surface area contributed by atoms with E-state index in [9.17, 15) is 34.2 Å². The van der Waals surface area contributed by atoms with Crippen LogP contribution in [0, 0.1) is 18.3 Å². The Morgan fingerprint density at radius 2 is 1.82 bits per heavy atom. The number of esters is 1. The first kappa shape index (κ1) is 28.9. The van der Waals surface area contributed by atoms with E-state index in [0.717, 1.165) is 11.6 Å². The first-order chi connectivity index (χ1) is 18.8. The molecule has 4 rings (SSSR count). The Kier molecular flexibility index (Phi) is 7.81. The van der Waals surface area contributed by atoms with Gasteiger partial charge in [0.25, 0.3) is 0 Å². The summed E-state index contributed by atoms with van der Waals surface area (Å²) in [5.74, 6) is -4.43. The Hall–Kier alpha value is -4.11. The fourth-order valence-electron chi connectivity index (χ4n) is 5.29. The molecule has 3 aliphatic rings. The topological polar surface area (TPSA) is 147 Å². The molecule has 9 nitrogen and oxygen atoms in total. The summed E-state index contributed by atoms with van der Waals surface area (Å²) in [6, 6.07) is 1.30. The van der Waals surface area contributed by atoms with E-state index in [1.807, 2.05) is 6.92 Å². The lowest BCUT2D eigenvalue weighted by atomic mass is 9.71. The standard InChI is InChI=1S/C31H33NO8/c1-6-17-7-9-19(33)21(13-15(2)3)40-30(39)31(5)12-11-22(35)32-26-25(31)29(38)23-18(28(26)37)14-16(4)27(36)24(23)20(34)10-8-17/h7,9,11-14,17,19,21,33,36H,6,8,10H2,1-5H3,(H,32,35)/b9-7+/t17-,19-,21-,31+/m0/s1. The van der Waals surface area contributed by atoms with Gasteiger partial charge in [-0.25, -0.2) is 0 Å². The van der Waals surface area contributed by atoms with E-state index in [2.05, 4.69) is 5.32 Å². The molecule has 0 spiro atoms. The van der Waals surface area contributed by atoms with Crippen molar-refractivity contribution in [3.05, 3.63) is 75.5 Å². The third-order valence-corrected chi connectivity index (χ3v) is 7.63. The lowest BCUT2D eigenvalue weighted by Crippen LogP contribution is -2.42. The highest BCUT2D eigenvalue weighted by atomic mass is 16.6. The molecule has 0 unspecified atom stereocenters. The van der Waals surface area contributed by atoms with E-state index in [1.54, 1.807) is 26.0 Å². The number of nitrogens with one attached hydrogen (secondary N) is 1. The van der Waals surface area contributed by atoms with Crippen LogP contribution in [-0.2, 0) is 14.3 Å². The summed E-state index contributed by atoms with van der Waals surface area (Å²) in [5.41, 5.74) is -2.50. The SMILES string of the molecule is CC[C@H]1/C=C/[C@H](O)[C@H](C=C(C)C)OC(=O)[C@]2(C)C=CC(=O)NC3=C2C(=O)c2c(cc(C)c(O)c2C(=O)CC1)C3=O. The van der Waals surface area contributed by atoms with E-state index >= 15 is 0 Å². The maximum atomic E-state index is 14.2. The molecule has 0 saturated carbocycles. The molecule has 0 fully saturated rings. The van der Waals surface area contributed by atoms with Gasteiger partial charge < -0.3 is 20.3 Å².